The van der Waals surface area contributed by atoms with Crippen LogP contribution in [0.2, 0.25) is 0 Å². The van der Waals surface area contributed by atoms with E-state index in [-0.39, 0.29) is 5.56 Å². The fourth-order valence-electron chi connectivity index (χ4n) is 1.12. The van der Waals surface area contributed by atoms with E-state index in [0.717, 1.165) is 12.1 Å². The summed E-state index contributed by atoms with van der Waals surface area (Å²) < 4.78 is 65.2. The van der Waals surface area contributed by atoms with Gasteiger partial charge in [0, 0.05) is 11.6 Å². The quantitative estimate of drug-likeness (QED) is 0.599. The number of alkyl halides is 4. The summed E-state index contributed by atoms with van der Waals surface area (Å²) in [5, 5.41) is -1.10. The molecule has 0 saturated carbocycles. The van der Waals surface area contributed by atoms with Crippen molar-refractivity contribution >= 4 is 11.6 Å². The maximum atomic E-state index is 13.2. The first kappa shape index (κ1) is 14.2. The predicted octanol–water partition coefficient (Wildman–Crippen LogP) is 3.82. The molecule has 17 heavy (non-hydrogen) atoms. The average molecular weight is 275 g/mol. The summed E-state index contributed by atoms with van der Waals surface area (Å²) in [6.07, 6.45) is -4.46. The van der Waals surface area contributed by atoms with Gasteiger partial charge in [0.05, 0.1) is 12.0 Å². The zero-order valence-corrected chi connectivity index (χ0v) is 9.16. The number of rotatable bonds is 4. The van der Waals surface area contributed by atoms with Gasteiger partial charge >= 0.3 is 6.18 Å². The molecule has 7 heteroatoms. The second-order valence-electron chi connectivity index (χ2n) is 3.26. The molecule has 1 atom stereocenters. The third-order valence-electron chi connectivity index (χ3n) is 1.83. The molecule has 1 aromatic carbocycles. The molecule has 0 amide bonds. The van der Waals surface area contributed by atoms with Crippen molar-refractivity contribution in [3.8, 4) is 0 Å². The van der Waals surface area contributed by atoms with Gasteiger partial charge < -0.3 is 4.74 Å². The van der Waals surface area contributed by atoms with Crippen LogP contribution in [0, 0.1) is 11.6 Å². The van der Waals surface area contributed by atoms with Crippen LogP contribution >= 0.6 is 11.6 Å². The highest BCUT2D eigenvalue weighted by molar-refractivity contribution is 6.20. The summed E-state index contributed by atoms with van der Waals surface area (Å²) in [4.78, 5) is 0. The molecule has 0 aliphatic heterocycles. The largest absolute Gasteiger partial charge is 0.411 e. The summed E-state index contributed by atoms with van der Waals surface area (Å²) in [5.74, 6) is -1.70. The Morgan fingerprint density at radius 1 is 1.24 bits per heavy atom. The molecule has 0 saturated heterocycles. The highest BCUT2D eigenvalue weighted by atomic mass is 35.5. The van der Waals surface area contributed by atoms with E-state index in [4.69, 9.17) is 11.6 Å². The monoisotopic (exact) mass is 274 g/mol. The van der Waals surface area contributed by atoms with Gasteiger partial charge in [0.2, 0.25) is 0 Å². The molecule has 0 aromatic heterocycles. The normalized spacial score (nSPS) is 13.8. The van der Waals surface area contributed by atoms with Gasteiger partial charge in [-0.1, -0.05) is 6.07 Å². The summed E-state index contributed by atoms with van der Waals surface area (Å²) in [7, 11) is 0. The SMILES string of the molecule is Fc1ccc(C(Cl)COCC(F)(F)F)c(F)c1. The standard InChI is InChI=1S/C10H8ClF5O/c11-8(4-17-5-10(14,15)16)7-2-1-6(12)3-9(7)13/h1-3,8H,4-5H2. The fourth-order valence-corrected chi connectivity index (χ4v) is 1.39. The van der Waals surface area contributed by atoms with Crippen LogP contribution in [0.25, 0.3) is 0 Å². The summed E-state index contributed by atoms with van der Waals surface area (Å²) in [6, 6.07) is 2.64. The number of hydrogen-bond acceptors (Lipinski definition) is 1. The lowest BCUT2D eigenvalue weighted by molar-refractivity contribution is -0.173. The van der Waals surface area contributed by atoms with Gasteiger partial charge in [0.25, 0.3) is 0 Å². The van der Waals surface area contributed by atoms with E-state index < -0.39 is 36.4 Å². The van der Waals surface area contributed by atoms with Gasteiger partial charge in [0.15, 0.2) is 0 Å². The number of hydrogen-bond donors (Lipinski definition) is 0. The van der Waals surface area contributed by atoms with Gasteiger partial charge in [-0.2, -0.15) is 13.2 Å². The lowest BCUT2D eigenvalue weighted by Crippen LogP contribution is -2.18. The van der Waals surface area contributed by atoms with Crippen molar-refractivity contribution in [1.82, 2.24) is 0 Å². The molecule has 1 nitrogen and oxygen atoms in total. The van der Waals surface area contributed by atoms with Crippen molar-refractivity contribution in [1.29, 1.82) is 0 Å². The molecular weight excluding hydrogens is 267 g/mol. The molecule has 0 aliphatic rings. The van der Waals surface area contributed by atoms with E-state index in [1.165, 1.54) is 0 Å². The number of halogens is 6. The maximum absolute atomic E-state index is 13.2. The van der Waals surface area contributed by atoms with Crippen molar-refractivity contribution in [2.45, 2.75) is 11.6 Å². The first-order chi connectivity index (χ1) is 7.79. The molecule has 0 bridgehead atoms. The van der Waals surface area contributed by atoms with Crippen LogP contribution in [0.1, 0.15) is 10.9 Å². The van der Waals surface area contributed by atoms with Crippen LogP contribution in [0.15, 0.2) is 18.2 Å². The van der Waals surface area contributed by atoms with E-state index in [0.29, 0.717) is 6.07 Å². The van der Waals surface area contributed by atoms with Gasteiger partial charge in [0.1, 0.15) is 18.2 Å². The summed E-state index contributed by atoms with van der Waals surface area (Å²) >= 11 is 5.64. The van der Waals surface area contributed by atoms with Gasteiger partial charge in [-0.05, 0) is 6.07 Å². The maximum Gasteiger partial charge on any atom is 0.411 e. The van der Waals surface area contributed by atoms with Crippen molar-refractivity contribution in [2.75, 3.05) is 13.2 Å². The zero-order valence-electron chi connectivity index (χ0n) is 8.40. The smallest absolute Gasteiger partial charge is 0.370 e. The van der Waals surface area contributed by atoms with E-state index in [1.54, 1.807) is 0 Å². The zero-order chi connectivity index (χ0) is 13.1. The molecule has 1 aromatic rings. The van der Waals surface area contributed by atoms with Crippen LogP contribution in [-0.2, 0) is 4.74 Å². The van der Waals surface area contributed by atoms with E-state index in [9.17, 15) is 22.0 Å². The minimum absolute atomic E-state index is 0.102. The Hall–Kier alpha value is -0.880. The number of ether oxygens (including phenoxy) is 1. The molecule has 0 radical (unpaired) electrons. The van der Waals surface area contributed by atoms with Crippen molar-refractivity contribution in [2.24, 2.45) is 0 Å². The highest BCUT2D eigenvalue weighted by Crippen LogP contribution is 2.25. The molecule has 0 spiro atoms. The topological polar surface area (TPSA) is 9.23 Å². The molecule has 0 fully saturated rings. The second-order valence-corrected chi connectivity index (χ2v) is 3.79. The van der Waals surface area contributed by atoms with Crippen molar-refractivity contribution in [3.05, 3.63) is 35.4 Å². The van der Waals surface area contributed by atoms with Crippen molar-refractivity contribution in [3.63, 3.8) is 0 Å². The average Bonchev–Trinajstić information content (AvgIpc) is 2.15. The third kappa shape index (κ3) is 4.87. The molecular formula is C10H8ClF5O. The molecule has 0 aliphatic carbocycles. The number of benzene rings is 1. The summed E-state index contributed by atoms with van der Waals surface area (Å²) in [6.45, 7) is -1.97. The van der Waals surface area contributed by atoms with Crippen molar-refractivity contribution < 1.29 is 26.7 Å². The van der Waals surface area contributed by atoms with Gasteiger partial charge in [-0.25, -0.2) is 8.78 Å². The predicted molar refractivity (Wildman–Crippen MR) is 51.8 cm³/mol. The van der Waals surface area contributed by atoms with Gasteiger partial charge in [-0.15, -0.1) is 11.6 Å². The molecule has 96 valence electrons. The van der Waals surface area contributed by atoms with E-state index >= 15 is 0 Å². The first-order valence-electron chi connectivity index (χ1n) is 4.53. The van der Waals surface area contributed by atoms with Crippen LogP contribution in [0.4, 0.5) is 22.0 Å². The first-order valence-corrected chi connectivity index (χ1v) is 4.97. The van der Waals surface area contributed by atoms with Gasteiger partial charge in [-0.3, -0.25) is 0 Å². The Bertz CT molecular complexity index is 379. The minimum Gasteiger partial charge on any atom is -0.370 e. The van der Waals surface area contributed by atoms with Crippen LogP contribution in [0.5, 0.6) is 0 Å². The molecule has 0 heterocycles. The van der Waals surface area contributed by atoms with E-state index in [1.807, 2.05) is 0 Å². The van der Waals surface area contributed by atoms with Crippen LogP contribution < -0.4 is 0 Å². The minimum atomic E-state index is -4.46. The van der Waals surface area contributed by atoms with Crippen LogP contribution in [0.3, 0.4) is 0 Å². The Morgan fingerprint density at radius 3 is 2.41 bits per heavy atom. The third-order valence-corrected chi connectivity index (χ3v) is 2.19. The molecule has 0 N–H and O–H groups in total. The Labute approximate surface area is 99.1 Å². The lowest BCUT2D eigenvalue weighted by atomic mass is 10.1. The highest BCUT2D eigenvalue weighted by Gasteiger charge is 2.28. The molecule has 1 rings (SSSR count). The fraction of sp³-hybridized carbons (Fsp3) is 0.400. The van der Waals surface area contributed by atoms with E-state index in [2.05, 4.69) is 4.74 Å². The Kier molecular flexibility index (Phi) is 4.70. The molecule has 1 unspecified atom stereocenters. The Morgan fingerprint density at radius 2 is 1.88 bits per heavy atom. The van der Waals surface area contributed by atoms with Crippen LogP contribution in [-0.4, -0.2) is 19.4 Å². The second kappa shape index (κ2) is 5.64. The summed E-state index contributed by atoms with van der Waals surface area (Å²) in [5.41, 5.74) is -0.102. The Balaban J connectivity index is 2.55. The lowest BCUT2D eigenvalue weighted by Gasteiger charge is -2.12.